The van der Waals surface area contributed by atoms with E-state index in [-0.39, 0.29) is 20.3 Å². The van der Waals surface area contributed by atoms with E-state index in [2.05, 4.69) is 6.58 Å². The summed E-state index contributed by atoms with van der Waals surface area (Å²) in [6.07, 6.45) is -0.651. The molecule has 2 N–H and O–H groups in total. The van der Waals surface area contributed by atoms with Gasteiger partial charge in [0.15, 0.2) is 0 Å². The van der Waals surface area contributed by atoms with Gasteiger partial charge in [-0.1, -0.05) is 6.58 Å². The molecule has 7 nitrogen and oxygen atoms in total. The Morgan fingerprint density at radius 2 is 1.89 bits per heavy atom. The third kappa shape index (κ3) is 7.37. The van der Waals surface area contributed by atoms with E-state index in [1.165, 1.54) is 6.92 Å². The summed E-state index contributed by atoms with van der Waals surface area (Å²) in [6, 6.07) is 0. The Bertz CT molecular complexity index is 437. The zero-order valence-corrected chi connectivity index (χ0v) is 11.9. The molecule has 0 bridgehead atoms. The van der Waals surface area contributed by atoms with Crippen LogP contribution in [0.4, 0.5) is 0 Å². The summed E-state index contributed by atoms with van der Waals surface area (Å²) in [5, 5.41) is 7.34. The molecule has 0 heterocycles. The third-order valence-corrected chi connectivity index (χ3v) is 3.84. The van der Waals surface area contributed by atoms with Gasteiger partial charge in [0.05, 0.1) is 11.7 Å². The van der Waals surface area contributed by atoms with Gasteiger partial charge in [0, 0.05) is 12.0 Å². The number of rotatable bonds is 7. The molecule has 3 unspecified atom stereocenters. The fourth-order valence-corrected chi connectivity index (χ4v) is 2.21. The number of ether oxygens (including phenoxy) is 1. The van der Waals surface area contributed by atoms with Gasteiger partial charge in [-0.05, 0) is 13.8 Å². The maximum Gasteiger partial charge on any atom is 1.00 e. The van der Waals surface area contributed by atoms with Gasteiger partial charge >= 0.3 is 30.8 Å². The first-order valence-electron chi connectivity index (χ1n) is 5.10. The number of hydrogen-bond donors (Lipinski definition) is 2. The minimum Gasteiger partial charge on any atom is -1.00 e. The number of carbonyl (C=O) groups excluding carboxylic acids is 1. The molecular weight excluding hydrogens is 271 g/mol. The average Bonchev–Trinajstić information content (AvgIpc) is 2.22. The van der Waals surface area contributed by atoms with Crippen molar-refractivity contribution in [2.45, 2.75) is 31.6 Å². The second-order valence-corrected chi connectivity index (χ2v) is 5.60. The molecule has 0 aromatic heterocycles. The van der Waals surface area contributed by atoms with E-state index >= 15 is 0 Å². The van der Waals surface area contributed by atoms with E-state index in [1.54, 1.807) is 0 Å². The zero-order valence-electron chi connectivity index (χ0n) is 12.1. The van der Waals surface area contributed by atoms with Crippen molar-refractivity contribution in [2.24, 2.45) is 5.92 Å². The molecule has 3 atom stereocenters. The molecular formula is C10H17LiO7S. The van der Waals surface area contributed by atoms with Crippen molar-refractivity contribution in [3.05, 3.63) is 12.7 Å². The summed E-state index contributed by atoms with van der Waals surface area (Å²) >= 11 is 0. The molecule has 0 saturated carbocycles. The van der Waals surface area contributed by atoms with Crippen LogP contribution in [-0.2, 0) is 24.4 Å². The van der Waals surface area contributed by atoms with Gasteiger partial charge in [0.2, 0.25) is 0 Å². The van der Waals surface area contributed by atoms with Crippen LogP contribution in [0.5, 0.6) is 0 Å². The molecule has 0 aromatic carbocycles. The molecule has 0 aliphatic rings. The molecule has 0 aromatic rings. The first-order valence-corrected chi connectivity index (χ1v) is 6.61. The fourth-order valence-electron chi connectivity index (χ4n) is 1.45. The van der Waals surface area contributed by atoms with Crippen LogP contribution in [0.3, 0.4) is 0 Å². The van der Waals surface area contributed by atoms with E-state index in [4.69, 9.17) is 14.4 Å². The number of esters is 1. The Labute approximate surface area is 125 Å². The molecule has 0 amide bonds. The Hall–Kier alpha value is -0.813. The van der Waals surface area contributed by atoms with Gasteiger partial charge in [-0.3, -0.25) is 9.35 Å². The second-order valence-electron chi connectivity index (χ2n) is 3.83. The van der Waals surface area contributed by atoms with Crippen molar-refractivity contribution >= 4 is 22.1 Å². The summed E-state index contributed by atoms with van der Waals surface area (Å²) in [5.74, 6) is -3.10. The van der Waals surface area contributed by atoms with Crippen molar-refractivity contribution in [3.63, 3.8) is 0 Å². The van der Waals surface area contributed by atoms with Crippen LogP contribution in [0.25, 0.3) is 0 Å². The quantitative estimate of drug-likeness (QED) is 0.232. The molecule has 0 saturated heterocycles. The topological polar surface area (TPSA) is 118 Å². The van der Waals surface area contributed by atoms with E-state index in [0.29, 0.717) is 0 Å². The third-order valence-electron chi connectivity index (χ3n) is 2.55. The minimum absolute atomic E-state index is 0. The number of aliphatic carboxylic acids is 1. The van der Waals surface area contributed by atoms with Crippen LogP contribution in [0, 0.1) is 5.92 Å². The zero-order chi connectivity index (χ0) is 14.5. The predicted molar refractivity (Wildman–Crippen MR) is 63.6 cm³/mol. The van der Waals surface area contributed by atoms with Crippen LogP contribution in [0.2, 0.25) is 0 Å². The summed E-state index contributed by atoms with van der Waals surface area (Å²) in [7, 11) is -4.42. The van der Waals surface area contributed by atoms with E-state index < -0.39 is 45.7 Å². The molecule has 0 aliphatic carbocycles. The van der Waals surface area contributed by atoms with Crippen LogP contribution in [-0.4, -0.2) is 41.4 Å². The van der Waals surface area contributed by atoms with Crippen LogP contribution < -0.4 is 18.9 Å². The Balaban J connectivity index is -0.00000144. The molecule has 9 heteroatoms. The summed E-state index contributed by atoms with van der Waals surface area (Å²) in [4.78, 5) is 21.6. The van der Waals surface area contributed by atoms with Gasteiger partial charge in [0.25, 0.3) is 10.1 Å². The first kappa shape index (κ1) is 20.5. The van der Waals surface area contributed by atoms with Gasteiger partial charge < -0.3 is 11.3 Å². The number of carboxylic acid groups (broad SMARTS) is 1. The summed E-state index contributed by atoms with van der Waals surface area (Å²) in [5.41, 5.74) is 0. The summed E-state index contributed by atoms with van der Waals surface area (Å²) < 4.78 is 35.7. The van der Waals surface area contributed by atoms with Crippen LogP contribution >= 0.6 is 0 Å². The number of hydrogen-bond acceptors (Lipinski definition) is 5. The first-order chi connectivity index (χ1) is 8.09. The van der Waals surface area contributed by atoms with E-state index in [1.807, 2.05) is 0 Å². The molecule has 0 aliphatic heterocycles. The largest absolute Gasteiger partial charge is 1.00 e. The van der Waals surface area contributed by atoms with Crippen molar-refractivity contribution in [3.8, 4) is 0 Å². The summed E-state index contributed by atoms with van der Waals surface area (Å²) in [6.45, 7) is 5.68. The van der Waals surface area contributed by atoms with Gasteiger partial charge in [-0.25, -0.2) is 4.79 Å². The van der Waals surface area contributed by atoms with Crippen molar-refractivity contribution in [1.82, 2.24) is 0 Å². The molecule has 0 spiro atoms. The average molecular weight is 288 g/mol. The minimum atomic E-state index is -4.42. The fraction of sp³-hybridized carbons (Fsp3) is 0.600. The SMILES string of the molecule is C=CC(=O)OC(C)C(CC(=O)O)C(C)S(=O)(=O)O.[H-].[Li+]. The maximum atomic E-state index is 11.0. The molecule has 106 valence electrons. The smallest absolute Gasteiger partial charge is 1.00 e. The Morgan fingerprint density at radius 3 is 2.21 bits per heavy atom. The number of carboxylic acids is 1. The predicted octanol–water partition coefficient (Wildman–Crippen LogP) is -2.41. The molecule has 19 heavy (non-hydrogen) atoms. The maximum absolute atomic E-state index is 11.0. The van der Waals surface area contributed by atoms with E-state index in [9.17, 15) is 18.0 Å². The second kappa shape index (κ2) is 8.38. The van der Waals surface area contributed by atoms with Gasteiger partial charge in [0.1, 0.15) is 6.10 Å². The standard InChI is InChI=1S/C10H16O7S.Li.H/c1-4-10(13)17-6(2)8(5-9(11)12)7(3)18(14,15)16;;/h4,6-8H,1,5H2,2-3H3,(H,11,12)(H,14,15,16);;/q;+1;-1. The van der Waals surface area contributed by atoms with Crippen molar-refractivity contribution in [2.75, 3.05) is 0 Å². The molecule has 0 fully saturated rings. The monoisotopic (exact) mass is 288 g/mol. The van der Waals surface area contributed by atoms with Crippen LogP contribution in [0.15, 0.2) is 12.7 Å². The van der Waals surface area contributed by atoms with Gasteiger partial charge in [-0.2, -0.15) is 8.42 Å². The van der Waals surface area contributed by atoms with Gasteiger partial charge in [-0.15, -0.1) is 0 Å². The van der Waals surface area contributed by atoms with E-state index in [0.717, 1.165) is 13.0 Å². The normalized spacial score (nSPS) is 15.5. The van der Waals surface area contributed by atoms with Crippen molar-refractivity contribution < 1.29 is 52.7 Å². The van der Waals surface area contributed by atoms with Crippen LogP contribution in [0.1, 0.15) is 21.7 Å². The number of carbonyl (C=O) groups is 2. The molecule has 0 rings (SSSR count). The molecule has 0 radical (unpaired) electrons. The Kier molecular flexibility index (Phi) is 9.04. The van der Waals surface area contributed by atoms with Crippen molar-refractivity contribution in [1.29, 1.82) is 0 Å². The Morgan fingerprint density at radius 1 is 1.42 bits per heavy atom.